The van der Waals surface area contributed by atoms with Gasteiger partial charge in [0.05, 0.1) is 0 Å². The van der Waals surface area contributed by atoms with E-state index in [4.69, 9.17) is 5.11 Å². The molecule has 0 aliphatic carbocycles. The van der Waals surface area contributed by atoms with Gasteiger partial charge in [0.25, 0.3) is 0 Å². The van der Waals surface area contributed by atoms with Crippen LogP contribution >= 0.6 is 0 Å². The number of hydrogen-bond acceptors (Lipinski definition) is 3. The van der Waals surface area contributed by atoms with Gasteiger partial charge in [-0.2, -0.15) is 13.2 Å². The molecule has 0 spiro atoms. The molecule has 18 heavy (non-hydrogen) atoms. The van der Waals surface area contributed by atoms with E-state index in [1.165, 1.54) is 0 Å². The fourth-order valence-electron chi connectivity index (χ4n) is 1.87. The third-order valence-electron chi connectivity index (χ3n) is 2.99. The van der Waals surface area contributed by atoms with E-state index in [1.54, 1.807) is 0 Å². The highest BCUT2D eigenvalue weighted by molar-refractivity contribution is 5.84. The number of halogens is 3. The van der Waals surface area contributed by atoms with Gasteiger partial charge in [-0.25, -0.2) is 0 Å². The molecule has 0 aromatic rings. The van der Waals surface area contributed by atoms with Crippen LogP contribution < -0.4 is 10.6 Å². The Labute approximate surface area is 102 Å². The second-order valence-electron chi connectivity index (χ2n) is 4.26. The Bertz CT molecular complexity index is 325. The van der Waals surface area contributed by atoms with Gasteiger partial charge < -0.3 is 15.7 Å². The van der Waals surface area contributed by atoms with Crippen LogP contribution in [0.25, 0.3) is 0 Å². The van der Waals surface area contributed by atoms with Crippen LogP contribution in [0.3, 0.4) is 0 Å². The summed E-state index contributed by atoms with van der Waals surface area (Å²) in [6, 6.07) is 0. The van der Waals surface area contributed by atoms with Crippen LogP contribution in [0.1, 0.15) is 19.3 Å². The van der Waals surface area contributed by atoms with E-state index in [-0.39, 0.29) is 32.4 Å². The summed E-state index contributed by atoms with van der Waals surface area (Å²) in [5.74, 6) is -2.12. The molecule has 3 N–H and O–H groups in total. The molecule has 1 aliphatic heterocycles. The van der Waals surface area contributed by atoms with Crippen molar-refractivity contribution in [3.63, 3.8) is 0 Å². The minimum absolute atomic E-state index is 0.0665. The van der Waals surface area contributed by atoms with E-state index < -0.39 is 30.0 Å². The maximum Gasteiger partial charge on any atom is 0.404 e. The average Bonchev–Trinajstić information content (AvgIpc) is 2.73. The smallest absolute Gasteiger partial charge is 0.404 e. The summed E-state index contributed by atoms with van der Waals surface area (Å²) in [6.07, 6.45) is -4.96. The van der Waals surface area contributed by atoms with Gasteiger partial charge in [-0.05, 0) is 19.4 Å². The zero-order chi connectivity index (χ0) is 13.8. The number of nitrogens with one attached hydrogen (secondary N) is 2. The van der Waals surface area contributed by atoms with Crippen LogP contribution in [0.4, 0.5) is 13.2 Å². The Morgan fingerprint density at radius 1 is 1.39 bits per heavy atom. The van der Waals surface area contributed by atoms with Crippen molar-refractivity contribution in [2.45, 2.75) is 25.4 Å². The molecule has 1 fully saturated rings. The highest BCUT2D eigenvalue weighted by Crippen LogP contribution is 2.43. The Balaban J connectivity index is 2.54. The number of carboxylic acids is 1. The molecule has 1 aliphatic rings. The standard InChI is InChI=1S/C10H15F3N2O3/c11-10(12,13)9(3-5-14-6-9)8(18)15-4-1-2-7(16)17/h14H,1-6H2,(H,15,18)(H,16,17). The van der Waals surface area contributed by atoms with Crippen LogP contribution in [0.2, 0.25) is 0 Å². The molecule has 1 unspecified atom stereocenters. The van der Waals surface area contributed by atoms with Crippen molar-refractivity contribution < 1.29 is 27.9 Å². The van der Waals surface area contributed by atoms with Gasteiger partial charge in [-0.3, -0.25) is 9.59 Å². The molecule has 5 nitrogen and oxygen atoms in total. The maximum absolute atomic E-state index is 12.9. The third-order valence-corrected chi connectivity index (χ3v) is 2.99. The van der Waals surface area contributed by atoms with Crippen molar-refractivity contribution in [3.8, 4) is 0 Å². The number of alkyl halides is 3. The number of carboxylic acid groups (broad SMARTS) is 1. The first-order chi connectivity index (χ1) is 8.29. The monoisotopic (exact) mass is 268 g/mol. The third kappa shape index (κ3) is 3.12. The molecule has 1 saturated heterocycles. The van der Waals surface area contributed by atoms with E-state index in [0.29, 0.717) is 0 Å². The molecule has 0 saturated carbocycles. The second kappa shape index (κ2) is 5.55. The number of carbonyl (C=O) groups excluding carboxylic acids is 1. The fourth-order valence-corrected chi connectivity index (χ4v) is 1.87. The average molecular weight is 268 g/mol. The van der Waals surface area contributed by atoms with Crippen molar-refractivity contribution in [1.29, 1.82) is 0 Å². The van der Waals surface area contributed by atoms with Crippen molar-refractivity contribution >= 4 is 11.9 Å². The first-order valence-corrected chi connectivity index (χ1v) is 5.57. The second-order valence-corrected chi connectivity index (χ2v) is 4.26. The molecule has 0 radical (unpaired) electrons. The molecule has 1 amide bonds. The molecule has 0 aromatic carbocycles. The predicted molar refractivity (Wildman–Crippen MR) is 55.9 cm³/mol. The van der Waals surface area contributed by atoms with Crippen LogP contribution in [0.5, 0.6) is 0 Å². The number of hydrogen-bond donors (Lipinski definition) is 3. The fraction of sp³-hybridized carbons (Fsp3) is 0.800. The highest BCUT2D eigenvalue weighted by Gasteiger charge is 2.61. The van der Waals surface area contributed by atoms with Gasteiger partial charge in [0.15, 0.2) is 5.41 Å². The van der Waals surface area contributed by atoms with Gasteiger partial charge >= 0.3 is 12.1 Å². The van der Waals surface area contributed by atoms with Gasteiger partial charge in [-0.1, -0.05) is 0 Å². The summed E-state index contributed by atoms with van der Waals surface area (Å²) in [6.45, 7) is -0.355. The first kappa shape index (κ1) is 14.7. The molecule has 0 bridgehead atoms. The lowest BCUT2D eigenvalue weighted by atomic mass is 9.85. The summed E-state index contributed by atoms with van der Waals surface area (Å²) >= 11 is 0. The normalized spacial score (nSPS) is 23.9. The number of rotatable bonds is 5. The predicted octanol–water partition coefficient (Wildman–Crippen LogP) is 0.509. The van der Waals surface area contributed by atoms with Crippen molar-refractivity contribution in [2.75, 3.05) is 19.6 Å². The van der Waals surface area contributed by atoms with Gasteiger partial charge in [0, 0.05) is 19.5 Å². The summed E-state index contributed by atoms with van der Waals surface area (Å²) in [5, 5.41) is 13.1. The zero-order valence-corrected chi connectivity index (χ0v) is 9.64. The molecule has 1 rings (SSSR count). The van der Waals surface area contributed by atoms with E-state index >= 15 is 0 Å². The minimum Gasteiger partial charge on any atom is -0.481 e. The van der Waals surface area contributed by atoms with Crippen LogP contribution in [0.15, 0.2) is 0 Å². The van der Waals surface area contributed by atoms with Gasteiger partial charge in [0.1, 0.15) is 0 Å². The van der Waals surface area contributed by atoms with E-state index in [1.807, 2.05) is 0 Å². The highest BCUT2D eigenvalue weighted by atomic mass is 19.4. The first-order valence-electron chi connectivity index (χ1n) is 5.57. The molecular formula is C10H15F3N2O3. The number of amides is 1. The van der Waals surface area contributed by atoms with E-state index in [9.17, 15) is 22.8 Å². The summed E-state index contributed by atoms with van der Waals surface area (Å²) in [7, 11) is 0. The Hall–Kier alpha value is -1.31. The quantitative estimate of drug-likeness (QED) is 0.635. The van der Waals surface area contributed by atoms with E-state index in [2.05, 4.69) is 10.6 Å². The van der Waals surface area contributed by atoms with Crippen molar-refractivity contribution in [3.05, 3.63) is 0 Å². The Morgan fingerprint density at radius 3 is 2.50 bits per heavy atom. The molecule has 1 atom stereocenters. The summed E-state index contributed by atoms with van der Waals surface area (Å²) in [4.78, 5) is 21.9. The van der Waals surface area contributed by atoms with E-state index in [0.717, 1.165) is 0 Å². The largest absolute Gasteiger partial charge is 0.481 e. The molecule has 104 valence electrons. The SMILES string of the molecule is O=C(O)CCCNC(=O)C1(C(F)(F)F)CCNC1. The van der Waals surface area contributed by atoms with Crippen LogP contribution in [-0.4, -0.2) is 42.8 Å². The van der Waals surface area contributed by atoms with Crippen molar-refractivity contribution in [2.24, 2.45) is 5.41 Å². The summed E-state index contributed by atoms with van der Waals surface area (Å²) in [5.41, 5.74) is -2.38. The lowest BCUT2D eigenvalue weighted by Gasteiger charge is -2.29. The zero-order valence-electron chi connectivity index (χ0n) is 9.64. The topological polar surface area (TPSA) is 78.4 Å². The molecular weight excluding hydrogens is 253 g/mol. The Morgan fingerprint density at radius 2 is 2.06 bits per heavy atom. The molecule has 8 heteroatoms. The maximum atomic E-state index is 12.9. The lowest BCUT2D eigenvalue weighted by molar-refractivity contribution is -0.216. The lowest BCUT2D eigenvalue weighted by Crippen LogP contribution is -2.52. The van der Waals surface area contributed by atoms with Gasteiger partial charge in [-0.15, -0.1) is 0 Å². The summed E-state index contributed by atoms with van der Waals surface area (Å²) < 4.78 is 38.7. The van der Waals surface area contributed by atoms with Gasteiger partial charge in [0.2, 0.25) is 5.91 Å². The Kier molecular flexibility index (Phi) is 4.55. The molecule has 1 heterocycles. The van der Waals surface area contributed by atoms with Crippen LogP contribution in [0, 0.1) is 5.41 Å². The molecule has 0 aromatic heterocycles. The number of aliphatic carboxylic acids is 1. The number of carbonyl (C=O) groups is 2. The van der Waals surface area contributed by atoms with Crippen LogP contribution in [-0.2, 0) is 9.59 Å². The minimum atomic E-state index is -4.60. The van der Waals surface area contributed by atoms with Crippen molar-refractivity contribution in [1.82, 2.24) is 10.6 Å².